The molecular formula is C17H17N3O2S. The second kappa shape index (κ2) is 6.45. The van der Waals surface area contributed by atoms with Crippen molar-refractivity contribution < 1.29 is 9.53 Å². The Labute approximate surface area is 138 Å². The Morgan fingerprint density at radius 2 is 2.17 bits per heavy atom. The molecule has 118 valence electrons. The van der Waals surface area contributed by atoms with Crippen LogP contribution in [0, 0.1) is 5.92 Å². The largest absolute Gasteiger partial charge is 0.357 e. The Kier molecular flexibility index (Phi) is 4.38. The summed E-state index contributed by atoms with van der Waals surface area (Å²) in [6.07, 6.45) is 7.86. The number of carbonyl (C=O) groups is 1. The predicted molar refractivity (Wildman–Crippen MR) is 92.4 cm³/mol. The number of rotatable bonds is 5. The first-order valence-corrected chi connectivity index (χ1v) is 7.95. The molecule has 23 heavy (non-hydrogen) atoms. The van der Waals surface area contributed by atoms with Gasteiger partial charge >= 0.3 is 0 Å². The van der Waals surface area contributed by atoms with Crippen LogP contribution in [0.3, 0.4) is 0 Å². The molecule has 1 heterocycles. The van der Waals surface area contributed by atoms with Crippen LogP contribution < -0.4 is 11.1 Å². The molecule has 1 aromatic carbocycles. The number of methoxy groups -OCH3 is 1. The van der Waals surface area contributed by atoms with Crippen molar-refractivity contribution in [3.05, 3.63) is 59.6 Å². The fourth-order valence-electron chi connectivity index (χ4n) is 2.34. The maximum absolute atomic E-state index is 11.3. The summed E-state index contributed by atoms with van der Waals surface area (Å²) in [5.74, 6) is -0.341. The number of anilines is 2. The topological polar surface area (TPSA) is 77.2 Å². The number of nitrogens with one attached hydrogen (secondary N) is 1. The van der Waals surface area contributed by atoms with Crippen LogP contribution in [0.4, 0.5) is 10.8 Å². The highest BCUT2D eigenvalue weighted by Crippen LogP contribution is 2.35. The van der Waals surface area contributed by atoms with Crippen molar-refractivity contribution in [2.45, 2.75) is 5.72 Å². The zero-order valence-electron chi connectivity index (χ0n) is 12.6. The van der Waals surface area contributed by atoms with Crippen LogP contribution in [0.1, 0.15) is 4.88 Å². The molecule has 3 N–H and O–H groups in total. The van der Waals surface area contributed by atoms with Crippen molar-refractivity contribution in [2.75, 3.05) is 12.4 Å². The lowest BCUT2D eigenvalue weighted by atomic mass is 9.90. The molecule has 5 nitrogen and oxygen atoms in total. The van der Waals surface area contributed by atoms with E-state index < -0.39 is 5.72 Å². The fraction of sp³-hybridized carbons (Fsp3) is 0.176. The molecular weight excluding hydrogens is 310 g/mol. The van der Waals surface area contributed by atoms with E-state index in [0.29, 0.717) is 0 Å². The Balaban J connectivity index is 1.87. The van der Waals surface area contributed by atoms with Gasteiger partial charge in [-0.1, -0.05) is 35.6 Å². The van der Waals surface area contributed by atoms with Crippen LogP contribution in [-0.4, -0.2) is 24.1 Å². The van der Waals surface area contributed by atoms with E-state index >= 15 is 0 Å². The van der Waals surface area contributed by atoms with Crippen LogP contribution in [0.15, 0.2) is 54.8 Å². The van der Waals surface area contributed by atoms with E-state index in [9.17, 15) is 4.79 Å². The summed E-state index contributed by atoms with van der Waals surface area (Å²) < 4.78 is 5.29. The summed E-state index contributed by atoms with van der Waals surface area (Å²) in [7, 11) is 1.54. The molecule has 6 heteroatoms. The Morgan fingerprint density at radius 1 is 1.39 bits per heavy atom. The smallest absolute Gasteiger partial charge is 0.187 e. The number of thiazole rings is 1. The molecule has 0 fully saturated rings. The van der Waals surface area contributed by atoms with Gasteiger partial charge in [-0.3, -0.25) is 5.73 Å². The number of aromatic nitrogens is 1. The van der Waals surface area contributed by atoms with Crippen molar-refractivity contribution in [1.82, 2.24) is 4.98 Å². The quantitative estimate of drug-likeness (QED) is 0.501. The lowest BCUT2D eigenvalue weighted by molar-refractivity contribution is -0.108. The number of para-hydroxylation sites is 1. The van der Waals surface area contributed by atoms with Crippen LogP contribution in [-0.2, 0) is 9.53 Å². The van der Waals surface area contributed by atoms with Gasteiger partial charge in [0.2, 0.25) is 0 Å². The number of carbonyl (C=O) groups excluding carboxylic acids is 1. The Hall–Kier alpha value is -2.28. The minimum absolute atomic E-state index is 0.341. The molecule has 0 spiro atoms. The molecule has 2 unspecified atom stereocenters. The zero-order chi connectivity index (χ0) is 16.3. The average molecular weight is 327 g/mol. The number of hydrogen-bond acceptors (Lipinski definition) is 6. The molecule has 1 aromatic heterocycles. The average Bonchev–Trinajstić information content (AvgIpc) is 3.04. The number of ether oxygens (including phenoxy) is 1. The van der Waals surface area contributed by atoms with E-state index in [0.717, 1.165) is 27.6 Å². The molecule has 2 aromatic rings. The number of nitrogens with two attached hydrogens (primary N) is 1. The monoisotopic (exact) mass is 327 g/mol. The van der Waals surface area contributed by atoms with Crippen molar-refractivity contribution in [1.29, 1.82) is 0 Å². The number of benzene rings is 1. The van der Waals surface area contributed by atoms with Crippen molar-refractivity contribution in [2.24, 2.45) is 11.7 Å². The number of nitrogens with zero attached hydrogens (tertiary/aromatic N) is 1. The van der Waals surface area contributed by atoms with Gasteiger partial charge in [0.25, 0.3) is 0 Å². The van der Waals surface area contributed by atoms with Crippen LogP contribution in [0.5, 0.6) is 0 Å². The van der Waals surface area contributed by atoms with Crippen molar-refractivity contribution in [3.63, 3.8) is 0 Å². The Bertz CT molecular complexity index is 754. The van der Waals surface area contributed by atoms with E-state index in [4.69, 9.17) is 10.5 Å². The summed E-state index contributed by atoms with van der Waals surface area (Å²) in [6.45, 7) is 0. The highest BCUT2D eigenvalue weighted by Gasteiger charge is 2.28. The van der Waals surface area contributed by atoms with E-state index in [2.05, 4.69) is 10.3 Å². The van der Waals surface area contributed by atoms with Crippen molar-refractivity contribution >= 4 is 34.0 Å². The van der Waals surface area contributed by atoms with Gasteiger partial charge in [-0.05, 0) is 29.9 Å². The molecule has 1 aliphatic carbocycles. The van der Waals surface area contributed by atoms with Gasteiger partial charge in [-0.25, -0.2) is 4.98 Å². The van der Waals surface area contributed by atoms with Gasteiger partial charge < -0.3 is 14.8 Å². The lowest BCUT2D eigenvalue weighted by Crippen LogP contribution is -2.39. The summed E-state index contributed by atoms with van der Waals surface area (Å²) in [5, 5.41) is 4.00. The predicted octanol–water partition coefficient (Wildman–Crippen LogP) is 2.96. The molecule has 0 amide bonds. The highest BCUT2D eigenvalue weighted by molar-refractivity contribution is 7.16. The second-order valence-corrected chi connectivity index (χ2v) is 6.23. The van der Waals surface area contributed by atoms with Gasteiger partial charge in [-0.15, -0.1) is 0 Å². The van der Waals surface area contributed by atoms with Crippen molar-refractivity contribution in [3.8, 4) is 0 Å². The van der Waals surface area contributed by atoms with E-state index in [1.807, 2.05) is 30.3 Å². The zero-order valence-corrected chi connectivity index (χ0v) is 13.4. The van der Waals surface area contributed by atoms with Gasteiger partial charge in [0, 0.05) is 19.0 Å². The standard InChI is InChI=1S/C17H17N3O2S/c1-22-17(18)8-7-12(11-21)14(9-17)15-10-19-16(23-15)20-13-5-3-2-4-6-13/h2-12H,18H2,1H3,(H,19,20). The third-order valence-corrected chi connectivity index (χ3v) is 4.58. The molecule has 0 bridgehead atoms. The van der Waals surface area contributed by atoms with E-state index in [1.54, 1.807) is 24.4 Å². The SMILES string of the molecule is COC1(N)C=CC(C=O)C(c2cnc(Nc3ccccc3)s2)=C1. The molecule has 0 saturated heterocycles. The van der Waals surface area contributed by atoms with E-state index in [1.165, 1.54) is 18.4 Å². The third-order valence-electron chi connectivity index (χ3n) is 3.62. The molecule has 0 saturated carbocycles. The minimum atomic E-state index is -0.994. The van der Waals surface area contributed by atoms with Gasteiger partial charge in [0.15, 0.2) is 10.9 Å². The molecule has 0 radical (unpaired) electrons. The Morgan fingerprint density at radius 3 is 2.87 bits per heavy atom. The first-order chi connectivity index (χ1) is 11.1. The first-order valence-electron chi connectivity index (χ1n) is 7.13. The molecule has 0 aliphatic heterocycles. The number of aldehydes is 1. The fourth-order valence-corrected chi connectivity index (χ4v) is 3.24. The number of allylic oxidation sites excluding steroid dienone is 2. The maximum Gasteiger partial charge on any atom is 0.187 e. The second-order valence-electron chi connectivity index (χ2n) is 5.20. The third kappa shape index (κ3) is 3.39. The van der Waals surface area contributed by atoms with Crippen LogP contribution in [0.25, 0.3) is 5.57 Å². The summed E-state index contributed by atoms with van der Waals surface area (Å²) in [5.41, 5.74) is 6.88. The number of hydrogen-bond donors (Lipinski definition) is 2. The molecule has 3 rings (SSSR count). The van der Waals surface area contributed by atoms with Gasteiger partial charge in [0.05, 0.1) is 10.8 Å². The van der Waals surface area contributed by atoms with Gasteiger partial charge in [-0.2, -0.15) is 0 Å². The van der Waals surface area contributed by atoms with E-state index in [-0.39, 0.29) is 5.92 Å². The summed E-state index contributed by atoms with van der Waals surface area (Å²) in [4.78, 5) is 16.6. The molecule has 1 aliphatic rings. The van der Waals surface area contributed by atoms with Gasteiger partial charge in [0.1, 0.15) is 6.29 Å². The highest BCUT2D eigenvalue weighted by atomic mass is 32.1. The minimum Gasteiger partial charge on any atom is -0.357 e. The van der Waals surface area contributed by atoms with Crippen LogP contribution in [0.2, 0.25) is 0 Å². The lowest BCUT2D eigenvalue weighted by Gasteiger charge is -2.27. The summed E-state index contributed by atoms with van der Waals surface area (Å²) in [6, 6.07) is 9.80. The maximum atomic E-state index is 11.3. The normalized spacial score (nSPS) is 23.4. The first kappa shape index (κ1) is 15.6. The van der Waals surface area contributed by atoms with Crippen LogP contribution >= 0.6 is 11.3 Å². The molecule has 2 atom stereocenters. The summed E-state index contributed by atoms with van der Waals surface area (Å²) >= 11 is 1.47.